The number of aryl methyl sites for hydroxylation is 1. The molecule has 0 N–H and O–H groups in total. The molecule has 1 aromatic carbocycles. The van der Waals surface area contributed by atoms with Gasteiger partial charge in [-0.1, -0.05) is 58.4 Å². The van der Waals surface area contributed by atoms with E-state index < -0.39 is 0 Å². The van der Waals surface area contributed by atoms with Crippen LogP contribution in [0.25, 0.3) is 0 Å². The fraction of sp³-hybridized carbons (Fsp3) is 0.552. The first kappa shape index (κ1) is 30.5. The van der Waals surface area contributed by atoms with Crippen LogP contribution in [-0.2, 0) is 11.2 Å². The van der Waals surface area contributed by atoms with Gasteiger partial charge < -0.3 is 4.74 Å². The number of hydrazone groups is 1. The quantitative estimate of drug-likeness (QED) is 0.424. The highest BCUT2D eigenvalue weighted by molar-refractivity contribution is 6.30. The Morgan fingerprint density at radius 1 is 1.14 bits per heavy atom. The van der Waals surface area contributed by atoms with E-state index in [0.717, 1.165) is 66.2 Å². The number of allylic oxidation sites excluding steroid dienone is 2. The molecule has 4 rings (SSSR count). The van der Waals surface area contributed by atoms with Crippen molar-refractivity contribution in [1.29, 1.82) is 5.26 Å². The normalized spacial score (nSPS) is 17.6. The van der Waals surface area contributed by atoms with Crippen LogP contribution in [-0.4, -0.2) is 28.8 Å². The lowest BCUT2D eigenvalue weighted by Gasteiger charge is -2.32. The molecule has 3 aliphatic rings. The average Bonchev–Trinajstić information content (AvgIpc) is 2.88. The van der Waals surface area contributed by atoms with Gasteiger partial charge in [-0.2, -0.15) is 10.4 Å². The van der Waals surface area contributed by atoms with Gasteiger partial charge in [0.25, 0.3) is 0 Å². The minimum absolute atomic E-state index is 0.0683. The van der Waals surface area contributed by atoms with Crippen LogP contribution in [0.15, 0.2) is 46.1 Å². The Labute approximate surface area is 217 Å². The number of hydrogen-bond acceptors (Lipinski definition) is 4. The predicted molar refractivity (Wildman–Crippen MR) is 147 cm³/mol. The van der Waals surface area contributed by atoms with Gasteiger partial charge in [0, 0.05) is 17.2 Å². The Bertz CT molecular complexity index is 971. The zero-order valence-corrected chi connectivity index (χ0v) is 23.3. The number of carbonyl (C=O) groups excluding carboxylic acids is 1. The van der Waals surface area contributed by atoms with Crippen molar-refractivity contribution in [3.05, 3.63) is 52.1 Å². The van der Waals surface area contributed by atoms with Crippen molar-refractivity contribution in [2.45, 2.75) is 99.0 Å². The minimum Gasteiger partial charge on any atom is -0.488 e. The van der Waals surface area contributed by atoms with Gasteiger partial charge in [-0.05, 0) is 81.7 Å². The molecule has 192 valence electrons. The van der Waals surface area contributed by atoms with Gasteiger partial charge in [0.15, 0.2) is 0 Å². The highest BCUT2D eigenvalue weighted by Crippen LogP contribution is 2.33. The second kappa shape index (κ2) is 15.4. The van der Waals surface area contributed by atoms with Crippen LogP contribution in [0, 0.1) is 11.3 Å². The van der Waals surface area contributed by atoms with Gasteiger partial charge >= 0.3 is 0 Å². The molecule has 6 heteroatoms. The highest BCUT2D eigenvalue weighted by Gasteiger charge is 2.26. The van der Waals surface area contributed by atoms with E-state index in [9.17, 15) is 4.79 Å². The van der Waals surface area contributed by atoms with Crippen molar-refractivity contribution in [2.24, 2.45) is 5.10 Å². The third-order valence-corrected chi connectivity index (χ3v) is 6.11. The lowest BCUT2D eigenvalue weighted by atomic mass is 9.93. The molecule has 1 aliphatic carbocycles. The Kier molecular flexibility index (Phi) is 13.4. The Hall–Kier alpha value is -2.58. The van der Waals surface area contributed by atoms with Crippen LogP contribution in [0.4, 0.5) is 0 Å². The molecule has 1 aromatic rings. The third kappa shape index (κ3) is 9.53. The van der Waals surface area contributed by atoms with Gasteiger partial charge in [-0.25, -0.2) is 5.01 Å². The van der Waals surface area contributed by atoms with Crippen LogP contribution in [0.2, 0.25) is 0 Å². The van der Waals surface area contributed by atoms with Crippen LogP contribution in [0.3, 0.4) is 0 Å². The predicted octanol–water partition coefficient (Wildman–Crippen LogP) is 7.93. The lowest BCUT2D eigenvalue weighted by Crippen LogP contribution is -2.33. The zero-order chi connectivity index (χ0) is 26.4. The molecule has 0 aromatic heterocycles. The topological polar surface area (TPSA) is 65.7 Å². The molecule has 0 unspecified atom stereocenters. The smallest absolute Gasteiger partial charge is 0.243 e. The van der Waals surface area contributed by atoms with Gasteiger partial charge in [-0.15, -0.1) is 0 Å². The average molecular weight is 500 g/mol. The summed E-state index contributed by atoms with van der Waals surface area (Å²) in [7, 11) is 0. The number of benzene rings is 1. The van der Waals surface area contributed by atoms with E-state index in [0.29, 0.717) is 18.5 Å². The van der Waals surface area contributed by atoms with Gasteiger partial charge in [0.1, 0.15) is 11.4 Å². The first-order valence-corrected chi connectivity index (χ1v) is 13.3. The molecule has 0 atom stereocenters. The number of carbonyl (C=O) groups is 1. The van der Waals surface area contributed by atoms with Crippen molar-refractivity contribution in [3.63, 3.8) is 0 Å². The Morgan fingerprint density at radius 2 is 1.86 bits per heavy atom. The van der Waals surface area contributed by atoms with Crippen molar-refractivity contribution in [3.8, 4) is 11.8 Å². The summed E-state index contributed by atoms with van der Waals surface area (Å²) in [5.74, 6) is 1.03. The van der Waals surface area contributed by atoms with Gasteiger partial charge in [0.2, 0.25) is 5.91 Å². The molecular weight excluding hydrogens is 458 g/mol. The number of nitrogens with zero attached hydrogens (tertiary/aromatic N) is 3. The molecule has 0 spiro atoms. The molecular formula is C29H42ClN3O2. The summed E-state index contributed by atoms with van der Waals surface area (Å²) >= 11 is 6.16. The molecule has 35 heavy (non-hydrogen) atoms. The molecule has 1 amide bonds. The molecule has 0 saturated heterocycles. The van der Waals surface area contributed by atoms with E-state index in [4.69, 9.17) is 21.6 Å². The summed E-state index contributed by atoms with van der Waals surface area (Å²) in [6.07, 6.45) is 10.3. The molecule has 0 saturated carbocycles. The van der Waals surface area contributed by atoms with E-state index in [1.807, 2.05) is 45.9 Å². The molecule has 5 nitrogen and oxygen atoms in total. The highest BCUT2D eigenvalue weighted by atomic mass is 35.5. The first-order chi connectivity index (χ1) is 16.8. The largest absolute Gasteiger partial charge is 0.488 e. The summed E-state index contributed by atoms with van der Waals surface area (Å²) in [5, 5.41) is 15.6. The second-order valence-corrected chi connectivity index (χ2v) is 9.09. The summed E-state index contributed by atoms with van der Waals surface area (Å²) < 4.78 is 5.81. The zero-order valence-electron chi connectivity index (χ0n) is 22.6. The fourth-order valence-corrected chi connectivity index (χ4v) is 3.97. The summed E-state index contributed by atoms with van der Waals surface area (Å²) in [6, 6.07) is 7.77. The van der Waals surface area contributed by atoms with Crippen LogP contribution in [0.1, 0.15) is 98.1 Å². The number of nitriles is 1. The molecule has 0 bridgehead atoms. The maximum Gasteiger partial charge on any atom is 0.243 e. The Balaban J connectivity index is 0.000000311. The number of amides is 1. The monoisotopic (exact) mass is 499 g/mol. The number of fused-ring (bicyclic) bond motifs is 1. The molecule has 2 aliphatic heterocycles. The number of rotatable bonds is 3. The SMILES string of the molecule is CC.CC.CC1(C)CCc2cc(C#N)ccc2O1.CCC1=NN(CC2=C(Cl)CCC=C2)C(=O)CC1. The maximum atomic E-state index is 11.8. The van der Waals surface area contributed by atoms with E-state index in [-0.39, 0.29) is 11.5 Å². The number of ether oxygens (including phenoxy) is 1. The van der Waals surface area contributed by atoms with Crippen molar-refractivity contribution < 1.29 is 9.53 Å². The summed E-state index contributed by atoms with van der Waals surface area (Å²) in [4.78, 5) is 11.8. The van der Waals surface area contributed by atoms with Gasteiger partial charge in [0.05, 0.1) is 18.2 Å². The van der Waals surface area contributed by atoms with Crippen molar-refractivity contribution >= 4 is 23.2 Å². The molecule has 2 heterocycles. The summed E-state index contributed by atoms with van der Waals surface area (Å²) in [6.45, 7) is 14.8. The van der Waals surface area contributed by atoms with E-state index in [2.05, 4.69) is 38.0 Å². The first-order valence-electron chi connectivity index (χ1n) is 12.9. The van der Waals surface area contributed by atoms with E-state index >= 15 is 0 Å². The van der Waals surface area contributed by atoms with Crippen molar-refractivity contribution in [2.75, 3.05) is 6.54 Å². The van der Waals surface area contributed by atoms with Crippen LogP contribution >= 0.6 is 11.6 Å². The molecule has 0 fully saturated rings. The lowest BCUT2D eigenvalue weighted by molar-refractivity contribution is -0.131. The summed E-state index contributed by atoms with van der Waals surface area (Å²) in [5.41, 5.74) is 3.92. The van der Waals surface area contributed by atoms with Crippen LogP contribution < -0.4 is 4.74 Å². The van der Waals surface area contributed by atoms with Gasteiger partial charge in [-0.3, -0.25) is 4.79 Å². The second-order valence-electron chi connectivity index (χ2n) is 8.64. The van der Waals surface area contributed by atoms with E-state index in [1.165, 1.54) is 0 Å². The third-order valence-electron chi connectivity index (χ3n) is 5.68. The molecule has 0 radical (unpaired) electrons. The fourth-order valence-electron chi connectivity index (χ4n) is 3.74. The van der Waals surface area contributed by atoms with Crippen molar-refractivity contribution in [1.82, 2.24) is 5.01 Å². The number of halogens is 1. The number of hydrogen-bond donors (Lipinski definition) is 0. The minimum atomic E-state index is -0.0683. The van der Waals surface area contributed by atoms with E-state index in [1.54, 1.807) is 11.1 Å². The Morgan fingerprint density at radius 3 is 2.49 bits per heavy atom. The maximum absolute atomic E-state index is 11.8. The van der Waals surface area contributed by atoms with Crippen LogP contribution in [0.5, 0.6) is 5.75 Å². The standard InChI is InChI=1S/C13H17ClN2O.C12H13NO.2C2H6/c1-2-11-7-8-13(17)16(15-11)9-10-5-3-4-6-12(10)14;1-12(2)6-5-10-7-9(8-13)3-4-11(10)14-12;2*1-2/h3,5H,2,4,6-9H2,1H3;3-4,7H,5-6H2,1-2H3;2*1-2H3.